The maximum atomic E-state index is 12.6. The van der Waals surface area contributed by atoms with Crippen LogP contribution in [0, 0.1) is 13.8 Å². The van der Waals surface area contributed by atoms with Gasteiger partial charge >= 0.3 is 10.6 Å². The first kappa shape index (κ1) is 52.9. The summed E-state index contributed by atoms with van der Waals surface area (Å²) >= 11 is 0. The predicted octanol–water partition coefficient (Wildman–Crippen LogP) is 7.13. The molecule has 23 heteroatoms. The largest absolute Gasteiger partial charge is 0.425 e. The molecule has 3 heterocycles. The predicted molar refractivity (Wildman–Crippen MR) is 260 cm³/mol. The first-order valence-corrected chi connectivity index (χ1v) is 28.0. The Hall–Kier alpha value is -5.50. The zero-order valence-corrected chi connectivity index (χ0v) is 42.4. The average Bonchev–Trinajstić information content (AvgIpc) is 3.57. The molecule has 18 nitrogen and oxygen atoms in total. The molecule has 0 amide bonds. The van der Waals surface area contributed by atoms with E-state index in [9.17, 15) is 51.9 Å². The van der Waals surface area contributed by atoms with Crippen molar-refractivity contribution < 1.29 is 69.1 Å². The van der Waals surface area contributed by atoms with Gasteiger partial charge < -0.3 is 4.90 Å². The average molecular weight is 1050 g/mol. The van der Waals surface area contributed by atoms with Gasteiger partial charge in [0.05, 0.1) is 26.7 Å². The third-order valence-corrected chi connectivity index (χ3v) is 15.5. The van der Waals surface area contributed by atoms with Gasteiger partial charge in [0.2, 0.25) is 5.69 Å². The lowest BCUT2D eigenvalue weighted by molar-refractivity contribution is -0.437. The summed E-state index contributed by atoms with van der Waals surface area (Å²) in [5, 5.41) is 1.63. The molecule has 0 atom stereocenters. The summed E-state index contributed by atoms with van der Waals surface area (Å²) in [6.07, 6.45) is 8.31. The molecule has 0 bridgehead atoms. The maximum absolute atomic E-state index is 12.6. The van der Waals surface area contributed by atoms with Crippen LogP contribution in [-0.4, -0.2) is 98.6 Å². The summed E-state index contributed by atoms with van der Waals surface area (Å²) in [5.74, 6) is -0.575. The van der Waals surface area contributed by atoms with Gasteiger partial charge in [-0.25, -0.2) is 0 Å². The van der Waals surface area contributed by atoms with Crippen LogP contribution in [-0.2, 0) is 61.9 Å². The molecular formula is C46H50N3O15S5+. The van der Waals surface area contributed by atoms with Gasteiger partial charge in [-0.15, -0.1) is 12.6 Å². The normalized spacial score (nSPS) is 16.6. The SMILES string of the molecule is CCC[N+]1=C(/C=C/C(=C/C=C2/N(CCCS(=O)(=O)O)c3ccc4c(S(=O)(=O)O)cc(S(=O)(=O)O)cc4c3C2(C)C)c2cccc(C)n2)C(C)(C)c2c1ccc1c(C)cc(S(=O)(=O)O)cc21.O=S(=O)=O. The Bertz CT molecular complexity index is 3690. The first-order valence-electron chi connectivity index (χ1n) is 21.1. The molecule has 0 fully saturated rings. The lowest BCUT2D eigenvalue weighted by Crippen LogP contribution is -2.28. The lowest BCUT2D eigenvalue weighted by atomic mass is 9.78. The zero-order chi connectivity index (χ0) is 51.4. The molecule has 0 unspecified atom stereocenters. The minimum absolute atomic E-state index is 0.0139. The molecule has 368 valence electrons. The number of hydrogen-bond donors (Lipinski definition) is 4. The highest BCUT2D eigenvalue weighted by molar-refractivity contribution is 7.87. The molecule has 2 aliphatic rings. The Morgan fingerprint density at radius 3 is 1.90 bits per heavy atom. The number of aryl methyl sites for hydroxylation is 2. The third kappa shape index (κ3) is 11.0. The standard InChI is InChI=1S/C46H49N3O12S4.O3S/c1-8-21-48-38-17-15-33-28(2)24-31(63(53,54)55)25-35(33)43(38)45(4,5)41(48)19-13-30(37-12-9-11-29(3)47-37)14-20-42-46(6,7)44-36-26-32(64(56,57)58)27-40(65(59,60)61)34(36)16-18-39(44)49(42)22-10-23-62(50,51)52;1-4(2)3/h9,11-20,24-27H,8,10,21-23H2,1-7H3,(H3-,50,51,52,53,54,55,56,57,58,59,60,61);/p+1. The summed E-state index contributed by atoms with van der Waals surface area (Å²) in [7, 11) is -22.0. The summed E-state index contributed by atoms with van der Waals surface area (Å²) in [6.45, 7) is 14.1. The highest BCUT2D eigenvalue weighted by Crippen LogP contribution is 2.52. The minimum Gasteiger partial charge on any atom is -0.344 e. The number of fused-ring (bicyclic) bond motifs is 6. The van der Waals surface area contributed by atoms with Crippen molar-refractivity contribution in [1.82, 2.24) is 4.98 Å². The molecule has 0 aliphatic carbocycles. The van der Waals surface area contributed by atoms with Crippen LogP contribution in [0.2, 0.25) is 0 Å². The number of rotatable bonds is 13. The molecule has 4 aromatic carbocycles. The van der Waals surface area contributed by atoms with Gasteiger partial charge in [-0.2, -0.15) is 38.2 Å². The highest BCUT2D eigenvalue weighted by Gasteiger charge is 2.46. The molecule has 0 saturated heterocycles. The van der Waals surface area contributed by atoms with Crippen molar-refractivity contribution in [2.24, 2.45) is 0 Å². The van der Waals surface area contributed by atoms with Crippen molar-refractivity contribution in [3.05, 3.63) is 125 Å². The van der Waals surface area contributed by atoms with Gasteiger partial charge in [0.1, 0.15) is 11.4 Å². The van der Waals surface area contributed by atoms with Crippen LogP contribution >= 0.6 is 0 Å². The molecule has 0 spiro atoms. The van der Waals surface area contributed by atoms with Crippen LogP contribution in [0.25, 0.3) is 27.1 Å². The van der Waals surface area contributed by atoms with Gasteiger partial charge in [-0.3, -0.25) is 23.2 Å². The van der Waals surface area contributed by atoms with Gasteiger partial charge in [0.15, 0.2) is 5.71 Å². The van der Waals surface area contributed by atoms with Crippen molar-refractivity contribution >= 4 is 95.3 Å². The van der Waals surface area contributed by atoms with E-state index < -0.39 is 77.5 Å². The Kier molecular flexibility index (Phi) is 14.6. The van der Waals surface area contributed by atoms with Crippen molar-refractivity contribution in [3.8, 4) is 0 Å². The second-order valence-corrected chi connectivity index (χ2v) is 23.9. The zero-order valence-electron chi connectivity index (χ0n) is 38.4. The molecule has 0 radical (unpaired) electrons. The van der Waals surface area contributed by atoms with Crippen molar-refractivity contribution in [2.75, 3.05) is 23.7 Å². The van der Waals surface area contributed by atoms with E-state index in [0.717, 1.165) is 40.5 Å². The van der Waals surface area contributed by atoms with E-state index in [2.05, 4.69) is 25.3 Å². The smallest absolute Gasteiger partial charge is 0.344 e. The van der Waals surface area contributed by atoms with Gasteiger partial charge in [0, 0.05) is 64.1 Å². The summed E-state index contributed by atoms with van der Waals surface area (Å²) in [5.41, 5.74) is 5.06. The number of aromatic nitrogens is 1. The van der Waals surface area contributed by atoms with Crippen molar-refractivity contribution in [1.29, 1.82) is 0 Å². The number of nitrogens with zero attached hydrogens (tertiary/aromatic N) is 3. The van der Waals surface area contributed by atoms with E-state index in [1.807, 2.05) is 75.4 Å². The van der Waals surface area contributed by atoms with E-state index in [-0.39, 0.29) is 28.6 Å². The van der Waals surface area contributed by atoms with Crippen LogP contribution < -0.4 is 4.90 Å². The summed E-state index contributed by atoms with van der Waals surface area (Å²) < 4.78 is 166. The number of benzene rings is 4. The van der Waals surface area contributed by atoms with Crippen LogP contribution in [0.4, 0.5) is 11.4 Å². The van der Waals surface area contributed by atoms with E-state index in [1.165, 1.54) is 18.2 Å². The number of anilines is 1. The van der Waals surface area contributed by atoms with Crippen LogP contribution in [0.5, 0.6) is 0 Å². The minimum atomic E-state index is -5.01. The molecular weight excluding hydrogens is 995 g/mol. The van der Waals surface area contributed by atoms with Crippen LogP contribution in [0.1, 0.15) is 75.5 Å². The fourth-order valence-electron chi connectivity index (χ4n) is 9.38. The highest BCUT2D eigenvalue weighted by atomic mass is 32.2. The van der Waals surface area contributed by atoms with Crippen molar-refractivity contribution in [3.63, 3.8) is 0 Å². The topological polar surface area (TPSA) is 288 Å². The quantitative estimate of drug-likeness (QED) is 0.0518. The second-order valence-electron chi connectivity index (χ2n) is 17.7. The molecule has 69 heavy (non-hydrogen) atoms. The number of allylic oxidation sites excluding steroid dienone is 6. The first-order chi connectivity index (χ1) is 31.8. The van der Waals surface area contributed by atoms with Gasteiger partial charge in [-0.1, -0.05) is 39.0 Å². The maximum Gasteiger partial charge on any atom is 0.425 e. The summed E-state index contributed by atoms with van der Waals surface area (Å²) in [4.78, 5) is 4.95. The lowest BCUT2D eigenvalue weighted by Gasteiger charge is -2.27. The Balaban J connectivity index is 0.00000188. The van der Waals surface area contributed by atoms with E-state index in [4.69, 9.17) is 17.6 Å². The Morgan fingerprint density at radius 1 is 0.739 bits per heavy atom. The Morgan fingerprint density at radius 2 is 1.33 bits per heavy atom. The van der Waals surface area contributed by atoms with E-state index >= 15 is 0 Å². The van der Waals surface area contributed by atoms with E-state index in [0.29, 0.717) is 51.8 Å². The fourth-order valence-corrected chi connectivity index (χ4v) is 11.8. The third-order valence-electron chi connectivity index (χ3n) is 12.2. The second kappa shape index (κ2) is 19.0. The number of hydrogen-bond acceptors (Lipinski definition) is 13. The molecule has 5 aromatic rings. The van der Waals surface area contributed by atoms with Gasteiger partial charge in [-0.05, 0) is 122 Å². The summed E-state index contributed by atoms with van der Waals surface area (Å²) in [6, 6.07) is 17.3. The van der Waals surface area contributed by atoms with Gasteiger partial charge in [0.25, 0.3) is 40.5 Å². The monoisotopic (exact) mass is 1040 g/mol. The molecule has 1 aromatic heterocycles. The molecule has 4 N–H and O–H groups in total. The molecule has 2 aliphatic heterocycles. The Labute approximate surface area is 402 Å². The van der Waals surface area contributed by atoms with Crippen LogP contribution in [0.3, 0.4) is 0 Å². The fraction of sp³-hybridized carbons (Fsp3) is 0.304. The molecule has 7 rings (SSSR count). The van der Waals surface area contributed by atoms with Crippen molar-refractivity contribution in [2.45, 2.75) is 86.8 Å². The van der Waals surface area contributed by atoms with E-state index in [1.54, 1.807) is 17.9 Å². The van der Waals surface area contributed by atoms with Crippen LogP contribution in [0.15, 0.2) is 111 Å². The molecule has 0 saturated carbocycles. The number of pyridine rings is 1.